The van der Waals surface area contributed by atoms with Crippen LogP contribution in [0.5, 0.6) is 11.5 Å². The van der Waals surface area contributed by atoms with Crippen LogP contribution in [0, 0.1) is 0 Å². The Morgan fingerprint density at radius 1 is 1.19 bits per heavy atom. The predicted octanol–water partition coefficient (Wildman–Crippen LogP) is 3.29. The van der Waals surface area contributed by atoms with E-state index in [0.29, 0.717) is 0 Å². The minimum atomic E-state index is 0.237. The number of phenolic OH excluding ortho intramolecular Hbond substituents is 1. The van der Waals surface area contributed by atoms with Crippen LogP contribution in [0.4, 0.5) is 11.6 Å². The number of nitrogens with zero attached hydrogens (tertiary/aromatic N) is 3. The fourth-order valence-electron chi connectivity index (χ4n) is 3.06. The molecule has 4 rings (SSSR count). The Balaban J connectivity index is 1.65. The number of aromatic nitrogens is 2. The number of ether oxygens (including phenoxy) is 1. The molecule has 0 fully saturated rings. The maximum atomic E-state index is 9.48. The average molecular weight is 348 g/mol. The molecule has 0 saturated heterocycles. The molecule has 1 aliphatic rings. The van der Waals surface area contributed by atoms with Gasteiger partial charge in [-0.2, -0.15) is 0 Å². The molecule has 6 heteroatoms. The third-order valence-corrected chi connectivity index (χ3v) is 4.40. The van der Waals surface area contributed by atoms with E-state index in [2.05, 4.69) is 21.3 Å². The van der Waals surface area contributed by atoms with Crippen molar-refractivity contribution in [3.8, 4) is 22.8 Å². The maximum Gasteiger partial charge on any atom is 0.172 e. The second kappa shape index (κ2) is 6.92. The summed E-state index contributed by atoms with van der Waals surface area (Å²) in [6.07, 6.45) is 1.76. The first kappa shape index (κ1) is 16.2. The molecule has 2 heterocycles. The molecule has 132 valence electrons. The molecule has 0 bridgehead atoms. The highest BCUT2D eigenvalue weighted by molar-refractivity contribution is 5.69. The SMILES string of the molecule is COc1cccc(CN2CCNc3ncc(-c4ccc(O)cc4)nc32)c1. The Labute approximate surface area is 152 Å². The van der Waals surface area contributed by atoms with E-state index < -0.39 is 0 Å². The summed E-state index contributed by atoms with van der Waals surface area (Å²) in [5.74, 6) is 2.72. The maximum absolute atomic E-state index is 9.48. The summed E-state index contributed by atoms with van der Waals surface area (Å²) in [6.45, 7) is 2.40. The van der Waals surface area contributed by atoms with Crippen molar-refractivity contribution >= 4 is 11.6 Å². The number of anilines is 2. The molecule has 3 aromatic rings. The van der Waals surface area contributed by atoms with Crippen LogP contribution in [-0.4, -0.2) is 35.3 Å². The highest BCUT2D eigenvalue weighted by atomic mass is 16.5. The molecule has 0 aliphatic carbocycles. The van der Waals surface area contributed by atoms with Gasteiger partial charge in [0.25, 0.3) is 0 Å². The molecular formula is C20H20N4O2. The Morgan fingerprint density at radius 2 is 2.04 bits per heavy atom. The first-order valence-electron chi connectivity index (χ1n) is 8.51. The van der Waals surface area contributed by atoms with E-state index in [0.717, 1.165) is 53.8 Å². The van der Waals surface area contributed by atoms with Crippen molar-refractivity contribution in [3.63, 3.8) is 0 Å². The molecule has 0 spiro atoms. The van der Waals surface area contributed by atoms with E-state index in [1.807, 2.05) is 30.3 Å². The van der Waals surface area contributed by atoms with Crippen LogP contribution in [0.25, 0.3) is 11.3 Å². The fourth-order valence-corrected chi connectivity index (χ4v) is 3.06. The molecule has 26 heavy (non-hydrogen) atoms. The van der Waals surface area contributed by atoms with Gasteiger partial charge in [0.05, 0.1) is 19.0 Å². The molecule has 6 nitrogen and oxygen atoms in total. The van der Waals surface area contributed by atoms with E-state index in [9.17, 15) is 5.11 Å². The van der Waals surface area contributed by atoms with Crippen molar-refractivity contribution < 1.29 is 9.84 Å². The van der Waals surface area contributed by atoms with Crippen LogP contribution in [-0.2, 0) is 6.54 Å². The van der Waals surface area contributed by atoms with Gasteiger partial charge in [0.1, 0.15) is 11.5 Å². The van der Waals surface area contributed by atoms with Crippen molar-refractivity contribution in [1.82, 2.24) is 9.97 Å². The number of benzene rings is 2. The average Bonchev–Trinajstić information content (AvgIpc) is 2.69. The van der Waals surface area contributed by atoms with E-state index in [1.165, 1.54) is 0 Å². The minimum Gasteiger partial charge on any atom is -0.508 e. The molecule has 0 atom stereocenters. The molecular weight excluding hydrogens is 328 g/mol. The van der Waals surface area contributed by atoms with E-state index in [4.69, 9.17) is 9.72 Å². The molecule has 0 amide bonds. The Kier molecular flexibility index (Phi) is 4.31. The molecule has 1 aliphatic heterocycles. The summed E-state index contributed by atoms with van der Waals surface area (Å²) in [7, 11) is 1.68. The third kappa shape index (κ3) is 3.26. The topological polar surface area (TPSA) is 70.5 Å². The molecule has 2 aromatic carbocycles. The molecule has 0 radical (unpaired) electrons. The number of rotatable bonds is 4. The zero-order valence-corrected chi connectivity index (χ0v) is 14.5. The van der Waals surface area contributed by atoms with E-state index >= 15 is 0 Å². The molecule has 0 saturated carbocycles. The zero-order valence-electron chi connectivity index (χ0n) is 14.5. The smallest absolute Gasteiger partial charge is 0.172 e. The first-order valence-corrected chi connectivity index (χ1v) is 8.51. The van der Waals surface area contributed by atoms with Gasteiger partial charge >= 0.3 is 0 Å². The van der Waals surface area contributed by atoms with Crippen LogP contribution in [0.2, 0.25) is 0 Å². The summed E-state index contributed by atoms with van der Waals surface area (Å²) in [5.41, 5.74) is 2.86. The van der Waals surface area contributed by atoms with Gasteiger partial charge in [-0.1, -0.05) is 12.1 Å². The Morgan fingerprint density at radius 3 is 2.85 bits per heavy atom. The van der Waals surface area contributed by atoms with Crippen LogP contribution in [0.15, 0.2) is 54.7 Å². The van der Waals surface area contributed by atoms with Crippen molar-refractivity contribution in [2.75, 3.05) is 30.4 Å². The largest absolute Gasteiger partial charge is 0.508 e. The van der Waals surface area contributed by atoms with Crippen LogP contribution >= 0.6 is 0 Å². The second-order valence-electron chi connectivity index (χ2n) is 6.17. The lowest BCUT2D eigenvalue weighted by molar-refractivity contribution is 0.414. The van der Waals surface area contributed by atoms with Gasteiger partial charge in [-0.05, 0) is 42.0 Å². The number of hydrogen-bond donors (Lipinski definition) is 2. The van der Waals surface area contributed by atoms with Gasteiger partial charge in [-0.15, -0.1) is 0 Å². The molecule has 0 unspecified atom stereocenters. The number of nitrogens with one attached hydrogen (secondary N) is 1. The normalized spacial score (nSPS) is 13.0. The van der Waals surface area contributed by atoms with Crippen molar-refractivity contribution in [1.29, 1.82) is 0 Å². The third-order valence-electron chi connectivity index (χ3n) is 4.40. The number of hydrogen-bond acceptors (Lipinski definition) is 6. The van der Waals surface area contributed by atoms with Crippen molar-refractivity contribution in [2.24, 2.45) is 0 Å². The standard InChI is InChI=1S/C20H20N4O2/c1-26-17-4-2-3-14(11-17)13-24-10-9-21-19-20(24)23-18(12-22-19)15-5-7-16(25)8-6-15/h2-8,11-12,25H,9-10,13H2,1H3,(H,21,22). The number of fused-ring (bicyclic) bond motifs is 1. The first-order chi connectivity index (χ1) is 12.7. The monoisotopic (exact) mass is 348 g/mol. The molecule has 1 aromatic heterocycles. The highest BCUT2D eigenvalue weighted by Gasteiger charge is 2.20. The number of methoxy groups -OCH3 is 1. The van der Waals surface area contributed by atoms with Crippen LogP contribution < -0.4 is 15.0 Å². The van der Waals surface area contributed by atoms with Crippen LogP contribution in [0.3, 0.4) is 0 Å². The lowest BCUT2D eigenvalue weighted by Gasteiger charge is -2.30. The summed E-state index contributed by atoms with van der Waals surface area (Å²) in [6, 6.07) is 15.1. The van der Waals surface area contributed by atoms with Gasteiger partial charge in [0.15, 0.2) is 11.6 Å². The lowest BCUT2D eigenvalue weighted by atomic mass is 10.1. The fraction of sp³-hybridized carbons (Fsp3) is 0.200. The number of phenols is 1. The van der Waals surface area contributed by atoms with Crippen LogP contribution in [0.1, 0.15) is 5.56 Å². The van der Waals surface area contributed by atoms with E-state index in [-0.39, 0.29) is 5.75 Å². The summed E-state index contributed by atoms with van der Waals surface area (Å²) < 4.78 is 5.32. The van der Waals surface area contributed by atoms with Crippen molar-refractivity contribution in [3.05, 3.63) is 60.3 Å². The second-order valence-corrected chi connectivity index (χ2v) is 6.17. The van der Waals surface area contributed by atoms with E-state index in [1.54, 1.807) is 25.4 Å². The highest BCUT2D eigenvalue weighted by Crippen LogP contribution is 2.30. The Hall–Kier alpha value is -3.28. The summed E-state index contributed by atoms with van der Waals surface area (Å²) in [4.78, 5) is 11.6. The van der Waals surface area contributed by atoms with Crippen molar-refractivity contribution in [2.45, 2.75) is 6.54 Å². The van der Waals surface area contributed by atoms with Gasteiger partial charge in [-0.25, -0.2) is 9.97 Å². The van der Waals surface area contributed by atoms with Gasteiger partial charge in [0.2, 0.25) is 0 Å². The summed E-state index contributed by atoms with van der Waals surface area (Å²) >= 11 is 0. The minimum absolute atomic E-state index is 0.237. The number of aromatic hydroxyl groups is 1. The zero-order chi connectivity index (χ0) is 17.9. The lowest BCUT2D eigenvalue weighted by Crippen LogP contribution is -2.34. The molecule has 2 N–H and O–H groups in total. The van der Waals surface area contributed by atoms with Gasteiger partial charge < -0.3 is 20.1 Å². The quantitative estimate of drug-likeness (QED) is 0.754. The summed E-state index contributed by atoms with van der Waals surface area (Å²) in [5, 5.41) is 12.8. The van der Waals surface area contributed by atoms with Gasteiger partial charge in [-0.3, -0.25) is 0 Å². The Bertz CT molecular complexity index is 912. The predicted molar refractivity (Wildman–Crippen MR) is 102 cm³/mol. The van der Waals surface area contributed by atoms with Gasteiger partial charge in [0, 0.05) is 25.2 Å².